The molecule has 0 saturated heterocycles. The predicted molar refractivity (Wildman–Crippen MR) is 73.1 cm³/mol. The highest BCUT2D eigenvalue weighted by Crippen LogP contribution is 2.45. The van der Waals surface area contributed by atoms with Crippen LogP contribution in [0.5, 0.6) is 17.2 Å². The van der Waals surface area contributed by atoms with Crippen LogP contribution in [-0.2, 0) is 6.61 Å². The highest BCUT2D eigenvalue weighted by atomic mass is 32.1. The number of ether oxygens (including phenoxy) is 3. The van der Waals surface area contributed by atoms with E-state index in [9.17, 15) is 0 Å². The van der Waals surface area contributed by atoms with Crippen LogP contribution >= 0.6 is 11.3 Å². The second kappa shape index (κ2) is 5.90. The van der Waals surface area contributed by atoms with Crippen molar-refractivity contribution in [2.45, 2.75) is 6.61 Å². The van der Waals surface area contributed by atoms with Gasteiger partial charge in [-0.25, -0.2) is 4.98 Å². The molecule has 0 aliphatic heterocycles. The molecule has 1 aromatic carbocycles. The third-order valence-electron chi connectivity index (χ3n) is 2.66. The van der Waals surface area contributed by atoms with E-state index in [0.717, 1.165) is 10.4 Å². The van der Waals surface area contributed by atoms with E-state index in [0.29, 0.717) is 22.3 Å². The summed E-state index contributed by atoms with van der Waals surface area (Å²) < 4.78 is 16.0. The maximum atomic E-state index is 9.08. The Balaban J connectivity index is 2.56. The van der Waals surface area contributed by atoms with Gasteiger partial charge in [0.25, 0.3) is 0 Å². The van der Waals surface area contributed by atoms with Crippen LogP contribution in [0.1, 0.15) is 5.01 Å². The van der Waals surface area contributed by atoms with Gasteiger partial charge >= 0.3 is 0 Å². The van der Waals surface area contributed by atoms with E-state index in [1.54, 1.807) is 27.5 Å². The molecule has 0 aliphatic rings. The smallest absolute Gasteiger partial charge is 0.203 e. The summed E-state index contributed by atoms with van der Waals surface area (Å²) in [4.78, 5) is 5.03. The van der Waals surface area contributed by atoms with Gasteiger partial charge in [-0.05, 0) is 12.1 Å². The summed E-state index contributed by atoms with van der Waals surface area (Å²) in [6.07, 6.45) is 1.71. The molecule has 1 aromatic heterocycles. The summed E-state index contributed by atoms with van der Waals surface area (Å²) in [5, 5.41) is 9.74. The van der Waals surface area contributed by atoms with E-state index in [-0.39, 0.29) is 6.61 Å². The Morgan fingerprint density at radius 2 is 1.84 bits per heavy atom. The minimum absolute atomic E-state index is 0.0692. The van der Waals surface area contributed by atoms with Crippen LogP contribution in [0.4, 0.5) is 0 Å². The summed E-state index contributed by atoms with van der Waals surface area (Å²) in [5.74, 6) is 1.74. The molecule has 0 amide bonds. The van der Waals surface area contributed by atoms with Gasteiger partial charge in [0.15, 0.2) is 11.5 Å². The second-order valence-electron chi connectivity index (χ2n) is 3.66. The molecule has 19 heavy (non-hydrogen) atoms. The molecule has 6 heteroatoms. The van der Waals surface area contributed by atoms with Crippen molar-refractivity contribution in [1.29, 1.82) is 0 Å². The topological polar surface area (TPSA) is 60.8 Å². The summed E-state index contributed by atoms with van der Waals surface area (Å²) >= 11 is 1.41. The number of thiazole rings is 1. The lowest BCUT2D eigenvalue weighted by molar-refractivity contribution is 0.281. The molecule has 102 valence electrons. The molecule has 0 saturated carbocycles. The Kier molecular flexibility index (Phi) is 4.24. The molecule has 0 atom stereocenters. The number of nitrogens with zero attached hydrogens (tertiary/aromatic N) is 1. The Hall–Kier alpha value is -1.79. The van der Waals surface area contributed by atoms with Crippen LogP contribution in [-0.4, -0.2) is 31.4 Å². The van der Waals surface area contributed by atoms with Crippen molar-refractivity contribution in [3.63, 3.8) is 0 Å². The molecule has 0 aliphatic carbocycles. The second-order valence-corrected chi connectivity index (χ2v) is 4.77. The molecular weight excluding hydrogens is 266 g/mol. The Labute approximate surface area is 115 Å². The number of hydrogen-bond acceptors (Lipinski definition) is 6. The number of aliphatic hydroxyl groups excluding tert-OH is 1. The lowest BCUT2D eigenvalue weighted by Crippen LogP contribution is -1.96. The average molecular weight is 281 g/mol. The molecule has 1 heterocycles. The summed E-state index contributed by atoms with van der Waals surface area (Å²) in [7, 11) is 4.72. The number of rotatable bonds is 5. The van der Waals surface area contributed by atoms with Crippen molar-refractivity contribution in [2.75, 3.05) is 21.3 Å². The molecule has 0 bridgehead atoms. The fourth-order valence-corrected chi connectivity index (χ4v) is 2.60. The van der Waals surface area contributed by atoms with Crippen molar-refractivity contribution >= 4 is 11.3 Å². The van der Waals surface area contributed by atoms with Crippen molar-refractivity contribution < 1.29 is 19.3 Å². The van der Waals surface area contributed by atoms with E-state index in [4.69, 9.17) is 19.3 Å². The van der Waals surface area contributed by atoms with E-state index >= 15 is 0 Å². The highest BCUT2D eigenvalue weighted by molar-refractivity contribution is 7.15. The summed E-state index contributed by atoms with van der Waals surface area (Å²) in [5.41, 5.74) is 0.859. The van der Waals surface area contributed by atoms with Crippen molar-refractivity contribution in [1.82, 2.24) is 4.98 Å². The third-order valence-corrected chi connectivity index (χ3v) is 3.67. The first-order chi connectivity index (χ1) is 9.24. The number of hydrogen-bond donors (Lipinski definition) is 1. The SMILES string of the molecule is COc1ccc(-c2cnc(CO)s2)c(OC)c1OC. The van der Waals surface area contributed by atoms with Gasteiger partial charge in [0.2, 0.25) is 5.75 Å². The molecule has 0 unspecified atom stereocenters. The van der Waals surface area contributed by atoms with Crippen molar-refractivity contribution in [2.24, 2.45) is 0 Å². The van der Waals surface area contributed by atoms with Gasteiger partial charge in [-0.3, -0.25) is 0 Å². The van der Waals surface area contributed by atoms with Crippen LogP contribution in [0.2, 0.25) is 0 Å². The molecule has 0 fully saturated rings. The highest BCUT2D eigenvalue weighted by Gasteiger charge is 2.18. The maximum Gasteiger partial charge on any atom is 0.203 e. The first kappa shape index (κ1) is 13.6. The molecule has 0 spiro atoms. The molecule has 5 nitrogen and oxygen atoms in total. The molecule has 1 N–H and O–H groups in total. The monoisotopic (exact) mass is 281 g/mol. The van der Waals surface area contributed by atoms with E-state index in [1.165, 1.54) is 11.3 Å². The lowest BCUT2D eigenvalue weighted by Gasteiger charge is -2.14. The zero-order valence-corrected chi connectivity index (χ0v) is 11.8. The predicted octanol–water partition coefficient (Wildman–Crippen LogP) is 2.33. The summed E-state index contributed by atoms with van der Waals surface area (Å²) in [6, 6.07) is 3.70. The Morgan fingerprint density at radius 1 is 1.11 bits per heavy atom. The van der Waals surface area contributed by atoms with Gasteiger partial charge in [-0.15, -0.1) is 11.3 Å². The zero-order chi connectivity index (χ0) is 13.8. The first-order valence-electron chi connectivity index (χ1n) is 5.60. The Morgan fingerprint density at radius 3 is 2.37 bits per heavy atom. The van der Waals surface area contributed by atoms with E-state index < -0.39 is 0 Å². The van der Waals surface area contributed by atoms with Gasteiger partial charge in [-0.1, -0.05) is 0 Å². The first-order valence-corrected chi connectivity index (χ1v) is 6.41. The number of benzene rings is 1. The maximum absolute atomic E-state index is 9.08. The lowest BCUT2D eigenvalue weighted by atomic mass is 10.1. The van der Waals surface area contributed by atoms with Crippen LogP contribution in [0, 0.1) is 0 Å². The van der Waals surface area contributed by atoms with Crippen LogP contribution in [0.25, 0.3) is 10.4 Å². The molecular formula is C13H15NO4S. The van der Waals surface area contributed by atoms with Crippen LogP contribution < -0.4 is 14.2 Å². The molecule has 0 radical (unpaired) electrons. The number of aromatic nitrogens is 1. The molecule has 2 rings (SSSR count). The van der Waals surface area contributed by atoms with E-state index in [1.807, 2.05) is 12.1 Å². The summed E-state index contributed by atoms with van der Waals surface area (Å²) in [6.45, 7) is -0.0692. The quantitative estimate of drug-likeness (QED) is 0.911. The minimum Gasteiger partial charge on any atom is -0.493 e. The number of aliphatic hydroxyl groups is 1. The van der Waals surface area contributed by atoms with Crippen molar-refractivity contribution in [3.8, 4) is 27.7 Å². The largest absolute Gasteiger partial charge is 0.493 e. The average Bonchev–Trinajstić information content (AvgIpc) is 2.94. The van der Waals surface area contributed by atoms with Gasteiger partial charge in [-0.2, -0.15) is 0 Å². The fourth-order valence-electron chi connectivity index (χ4n) is 1.80. The van der Waals surface area contributed by atoms with Gasteiger partial charge in [0, 0.05) is 11.8 Å². The standard InChI is InChI=1S/C13H15NO4S/c1-16-9-5-4-8(12(17-2)13(9)18-3)10-6-14-11(7-15)19-10/h4-6,15H,7H2,1-3H3. The van der Waals surface area contributed by atoms with Gasteiger partial charge in [0.1, 0.15) is 5.01 Å². The van der Waals surface area contributed by atoms with E-state index in [2.05, 4.69) is 4.98 Å². The van der Waals surface area contributed by atoms with Crippen LogP contribution in [0.3, 0.4) is 0 Å². The van der Waals surface area contributed by atoms with Gasteiger partial charge < -0.3 is 19.3 Å². The van der Waals surface area contributed by atoms with Crippen molar-refractivity contribution in [3.05, 3.63) is 23.3 Å². The Bertz CT molecular complexity index is 568. The molecule has 2 aromatic rings. The zero-order valence-electron chi connectivity index (χ0n) is 11.0. The van der Waals surface area contributed by atoms with Crippen LogP contribution in [0.15, 0.2) is 18.3 Å². The third kappa shape index (κ3) is 2.50. The minimum atomic E-state index is -0.0692. The normalized spacial score (nSPS) is 10.3. The number of methoxy groups -OCH3 is 3. The fraction of sp³-hybridized carbons (Fsp3) is 0.308. The van der Waals surface area contributed by atoms with Gasteiger partial charge in [0.05, 0.1) is 32.8 Å².